The van der Waals surface area contributed by atoms with E-state index in [0.717, 1.165) is 5.69 Å². The average molecular weight is 664 g/mol. The van der Waals surface area contributed by atoms with Gasteiger partial charge in [0.2, 0.25) is 0 Å². The molecule has 1 nitrogen and oxygen atoms in total. The van der Waals surface area contributed by atoms with Crippen LogP contribution in [-0.2, 0) is 5.41 Å². The van der Waals surface area contributed by atoms with Crippen molar-refractivity contribution in [2.24, 2.45) is 0 Å². The third kappa shape index (κ3) is 4.77. The molecule has 1 heterocycles. The lowest BCUT2D eigenvalue weighted by molar-refractivity contribution is 0.660. The van der Waals surface area contributed by atoms with Crippen LogP contribution in [0.25, 0.3) is 83.1 Å². The van der Waals surface area contributed by atoms with Crippen LogP contribution >= 0.6 is 0 Å². The van der Waals surface area contributed by atoms with Crippen LogP contribution < -0.4 is 0 Å². The van der Waals surface area contributed by atoms with Crippen LogP contribution in [0.4, 0.5) is 0 Å². The fraction of sp³-hybridized carbons (Fsp3) is 0.0588. The second-order valence-corrected chi connectivity index (χ2v) is 14.6. The molecule has 1 aromatic heterocycles. The Labute approximate surface area is 305 Å². The van der Waals surface area contributed by atoms with Crippen molar-refractivity contribution in [1.82, 2.24) is 4.57 Å². The highest BCUT2D eigenvalue weighted by molar-refractivity contribution is 6.10. The summed E-state index contributed by atoms with van der Waals surface area (Å²) in [5.74, 6) is 0. The number of rotatable bonds is 5. The first kappa shape index (κ1) is 30.4. The van der Waals surface area contributed by atoms with Crippen LogP contribution in [0, 0.1) is 0 Å². The van der Waals surface area contributed by atoms with Gasteiger partial charge < -0.3 is 4.57 Å². The van der Waals surface area contributed by atoms with Crippen LogP contribution in [0.2, 0.25) is 0 Å². The van der Waals surface area contributed by atoms with Crippen molar-refractivity contribution in [1.29, 1.82) is 0 Å². The van der Waals surface area contributed by atoms with E-state index < -0.39 is 0 Å². The van der Waals surface area contributed by atoms with E-state index in [-0.39, 0.29) is 5.41 Å². The predicted molar refractivity (Wildman–Crippen MR) is 220 cm³/mol. The van der Waals surface area contributed by atoms with Gasteiger partial charge in [-0.15, -0.1) is 0 Å². The van der Waals surface area contributed by atoms with Gasteiger partial charge in [0.05, 0.1) is 11.0 Å². The molecule has 0 spiro atoms. The van der Waals surface area contributed by atoms with Crippen molar-refractivity contribution in [3.8, 4) is 61.3 Å². The summed E-state index contributed by atoms with van der Waals surface area (Å²) in [5.41, 5.74) is 18.7. The monoisotopic (exact) mass is 663 g/mol. The Bertz CT molecular complexity index is 2740. The number of nitrogens with zero attached hydrogens (tertiary/aromatic N) is 1. The highest BCUT2D eigenvalue weighted by Crippen LogP contribution is 2.50. The molecular formula is C51H37N. The molecule has 0 saturated carbocycles. The molecule has 52 heavy (non-hydrogen) atoms. The summed E-state index contributed by atoms with van der Waals surface area (Å²) < 4.78 is 2.46. The Morgan fingerprint density at radius 3 is 1.54 bits per heavy atom. The number of hydrogen-bond donors (Lipinski definition) is 0. The molecule has 1 aliphatic carbocycles. The summed E-state index contributed by atoms with van der Waals surface area (Å²) in [5, 5.41) is 2.50. The number of fused-ring (bicyclic) bond motifs is 6. The van der Waals surface area contributed by atoms with Gasteiger partial charge in [-0.3, -0.25) is 0 Å². The van der Waals surface area contributed by atoms with Gasteiger partial charge >= 0.3 is 0 Å². The minimum atomic E-state index is -0.0520. The van der Waals surface area contributed by atoms with E-state index in [1.54, 1.807) is 0 Å². The summed E-state index contributed by atoms with van der Waals surface area (Å²) in [6.07, 6.45) is 0. The molecule has 246 valence electrons. The molecule has 0 unspecified atom stereocenters. The van der Waals surface area contributed by atoms with Gasteiger partial charge in [0.15, 0.2) is 0 Å². The van der Waals surface area contributed by atoms with Crippen molar-refractivity contribution in [2.75, 3.05) is 0 Å². The summed E-state index contributed by atoms with van der Waals surface area (Å²) in [6.45, 7) is 4.71. The normalized spacial score (nSPS) is 13.0. The Kier molecular flexibility index (Phi) is 6.91. The lowest BCUT2D eigenvalue weighted by Crippen LogP contribution is -2.14. The summed E-state index contributed by atoms with van der Waals surface area (Å²) in [7, 11) is 0. The van der Waals surface area contributed by atoms with Gasteiger partial charge in [0.1, 0.15) is 0 Å². The molecule has 0 aliphatic heterocycles. The standard InChI is InChI=1S/C51H37N/c1-51(2)47-23-13-11-21-43(47)44-27-25-36(32-48(44)51)41-19-9-10-20-42(41)37-26-28-46-45-22-12-14-24-49(45)52(50(46)33-37)40-30-38(34-15-5-3-6-16-34)29-39(31-40)35-17-7-4-8-18-35/h3-33H,1-2H3. The Hall–Kier alpha value is -6.44. The Balaban J connectivity index is 1.17. The summed E-state index contributed by atoms with van der Waals surface area (Å²) in [4.78, 5) is 0. The first-order chi connectivity index (χ1) is 25.5. The van der Waals surface area contributed by atoms with Gasteiger partial charge in [0, 0.05) is 21.9 Å². The Morgan fingerprint density at radius 2 is 0.846 bits per heavy atom. The van der Waals surface area contributed by atoms with Crippen molar-refractivity contribution in [3.63, 3.8) is 0 Å². The predicted octanol–water partition coefficient (Wildman–Crippen LogP) is 13.8. The Morgan fingerprint density at radius 1 is 0.327 bits per heavy atom. The molecule has 0 atom stereocenters. The van der Waals surface area contributed by atoms with E-state index in [1.165, 1.54) is 88.6 Å². The third-order valence-electron chi connectivity index (χ3n) is 11.2. The van der Waals surface area contributed by atoms with Gasteiger partial charge in [-0.25, -0.2) is 0 Å². The highest BCUT2D eigenvalue weighted by atomic mass is 15.0. The lowest BCUT2D eigenvalue weighted by Gasteiger charge is -2.22. The summed E-state index contributed by atoms with van der Waals surface area (Å²) >= 11 is 0. The molecule has 0 saturated heterocycles. The molecule has 9 aromatic rings. The SMILES string of the molecule is CC1(C)c2ccccc2-c2ccc(-c3ccccc3-c3ccc4c5ccccc5n(-c5cc(-c6ccccc6)cc(-c6ccccc6)c5)c4c3)cc21. The van der Waals surface area contributed by atoms with Crippen LogP contribution in [-0.4, -0.2) is 4.57 Å². The molecule has 0 amide bonds. The molecule has 1 aliphatic rings. The van der Waals surface area contributed by atoms with E-state index in [4.69, 9.17) is 0 Å². The van der Waals surface area contributed by atoms with E-state index in [2.05, 4.69) is 206 Å². The third-order valence-corrected chi connectivity index (χ3v) is 11.2. The molecule has 10 rings (SSSR count). The van der Waals surface area contributed by atoms with Crippen LogP contribution in [0.15, 0.2) is 188 Å². The van der Waals surface area contributed by atoms with Crippen molar-refractivity contribution < 1.29 is 0 Å². The highest BCUT2D eigenvalue weighted by Gasteiger charge is 2.35. The zero-order valence-corrected chi connectivity index (χ0v) is 29.3. The van der Waals surface area contributed by atoms with Crippen LogP contribution in [0.5, 0.6) is 0 Å². The summed E-state index contributed by atoms with van der Waals surface area (Å²) in [6, 6.07) is 69.2. The molecular weight excluding hydrogens is 627 g/mol. The molecule has 8 aromatic carbocycles. The van der Waals surface area contributed by atoms with Gasteiger partial charge in [-0.05, 0) is 103 Å². The second kappa shape index (κ2) is 11.8. The van der Waals surface area contributed by atoms with E-state index in [1.807, 2.05) is 0 Å². The zero-order chi connectivity index (χ0) is 34.8. The van der Waals surface area contributed by atoms with Gasteiger partial charge in [0.25, 0.3) is 0 Å². The maximum Gasteiger partial charge on any atom is 0.0547 e. The quantitative estimate of drug-likeness (QED) is 0.173. The minimum Gasteiger partial charge on any atom is -0.309 e. The van der Waals surface area contributed by atoms with Crippen LogP contribution in [0.3, 0.4) is 0 Å². The van der Waals surface area contributed by atoms with Crippen molar-refractivity contribution in [2.45, 2.75) is 19.3 Å². The fourth-order valence-electron chi connectivity index (χ4n) is 8.61. The number of benzene rings is 8. The van der Waals surface area contributed by atoms with Crippen LogP contribution in [0.1, 0.15) is 25.0 Å². The first-order valence-corrected chi connectivity index (χ1v) is 18.2. The van der Waals surface area contributed by atoms with Gasteiger partial charge in [-0.2, -0.15) is 0 Å². The largest absolute Gasteiger partial charge is 0.309 e. The molecule has 0 N–H and O–H groups in total. The molecule has 0 fully saturated rings. The van der Waals surface area contributed by atoms with Crippen molar-refractivity contribution in [3.05, 3.63) is 199 Å². The zero-order valence-electron chi connectivity index (χ0n) is 29.3. The minimum absolute atomic E-state index is 0.0520. The molecule has 0 bridgehead atoms. The average Bonchev–Trinajstić information content (AvgIpc) is 3.66. The van der Waals surface area contributed by atoms with E-state index >= 15 is 0 Å². The topological polar surface area (TPSA) is 4.93 Å². The lowest BCUT2D eigenvalue weighted by atomic mass is 9.81. The number of hydrogen-bond acceptors (Lipinski definition) is 0. The second-order valence-electron chi connectivity index (χ2n) is 14.6. The molecule has 0 radical (unpaired) electrons. The van der Waals surface area contributed by atoms with E-state index in [0.29, 0.717) is 0 Å². The van der Waals surface area contributed by atoms with E-state index in [9.17, 15) is 0 Å². The number of aromatic nitrogens is 1. The fourth-order valence-corrected chi connectivity index (χ4v) is 8.61. The van der Waals surface area contributed by atoms with Gasteiger partial charge in [-0.1, -0.05) is 166 Å². The first-order valence-electron chi connectivity index (χ1n) is 18.2. The number of para-hydroxylation sites is 1. The molecule has 1 heteroatoms. The maximum absolute atomic E-state index is 2.46. The smallest absolute Gasteiger partial charge is 0.0547 e. The van der Waals surface area contributed by atoms with Crippen molar-refractivity contribution >= 4 is 21.8 Å². The maximum atomic E-state index is 2.46.